The molecule has 10 nitrogen and oxygen atoms in total. The molecule has 2 aliphatic heterocycles. The number of hydrogen-bond donors (Lipinski definition) is 2. The topological polar surface area (TPSA) is 121 Å². The van der Waals surface area contributed by atoms with Crippen molar-refractivity contribution in [1.82, 2.24) is 25.1 Å². The molecule has 0 saturated carbocycles. The van der Waals surface area contributed by atoms with E-state index in [2.05, 4.69) is 32.3 Å². The van der Waals surface area contributed by atoms with E-state index in [1.807, 2.05) is 30.9 Å². The SMILES string of the molecule is CC(C)C(=O)N1CCC(Cc2cc(C(=O)NC[C@H](O)CN3CCc4cc(OCc5cnco5)ccc4C3)ccn2)CC1. The minimum atomic E-state index is -0.681. The third-order valence-corrected chi connectivity index (χ3v) is 8.10. The number of piperidine rings is 1. The summed E-state index contributed by atoms with van der Waals surface area (Å²) in [5.41, 5.74) is 3.89. The van der Waals surface area contributed by atoms with E-state index < -0.39 is 6.10 Å². The number of hydrogen-bond acceptors (Lipinski definition) is 8. The van der Waals surface area contributed by atoms with Gasteiger partial charge in [-0.1, -0.05) is 19.9 Å². The van der Waals surface area contributed by atoms with Crippen LogP contribution in [0.4, 0.5) is 0 Å². The first-order valence-corrected chi connectivity index (χ1v) is 14.9. The summed E-state index contributed by atoms with van der Waals surface area (Å²) in [4.78, 5) is 37.7. The summed E-state index contributed by atoms with van der Waals surface area (Å²) in [6.45, 7) is 7.99. The highest BCUT2D eigenvalue weighted by Crippen LogP contribution is 2.25. The zero-order valence-electron chi connectivity index (χ0n) is 24.5. The molecule has 2 aliphatic rings. The van der Waals surface area contributed by atoms with Crippen LogP contribution in [0.1, 0.15) is 59.6 Å². The van der Waals surface area contributed by atoms with Crippen LogP contribution in [0.5, 0.6) is 5.75 Å². The maximum Gasteiger partial charge on any atom is 0.251 e. The van der Waals surface area contributed by atoms with Gasteiger partial charge in [0, 0.05) is 62.6 Å². The highest BCUT2D eigenvalue weighted by Gasteiger charge is 2.25. The molecule has 5 rings (SSSR count). The van der Waals surface area contributed by atoms with Crippen molar-refractivity contribution in [1.29, 1.82) is 0 Å². The number of fused-ring (bicyclic) bond motifs is 1. The second-order valence-corrected chi connectivity index (χ2v) is 11.7. The average Bonchev–Trinajstić information content (AvgIpc) is 3.53. The van der Waals surface area contributed by atoms with Gasteiger partial charge in [0.1, 0.15) is 12.4 Å². The molecule has 2 aromatic heterocycles. The number of amides is 2. The number of nitrogens with zero attached hydrogens (tertiary/aromatic N) is 4. The van der Waals surface area contributed by atoms with E-state index in [9.17, 15) is 14.7 Å². The molecule has 4 heterocycles. The summed E-state index contributed by atoms with van der Waals surface area (Å²) in [6, 6.07) is 9.65. The van der Waals surface area contributed by atoms with E-state index in [1.54, 1.807) is 18.5 Å². The predicted octanol–water partition coefficient (Wildman–Crippen LogP) is 3.23. The number of aromatic nitrogens is 2. The third kappa shape index (κ3) is 7.95. The summed E-state index contributed by atoms with van der Waals surface area (Å²) in [6.07, 6.45) is 7.57. The highest BCUT2D eigenvalue weighted by molar-refractivity contribution is 5.94. The Kier molecular flexibility index (Phi) is 9.86. The first-order chi connectivity index (χ1) is 20.3. The molecular weight excluding hydrogens is 534 g/mol. The number of pyridine rings is 1. The zero-order valence-corrected chi connectivity index (χ0v) is 24.5. The lowest BCUT2D eigenvalue weighted by molar-refractivity contribution is -0.135. The van der Waals surface area contributed by atoms with Gasteiger partial charge in [0.25, 0.3) is 5.91 Å². The van der Waals surface area contributed by atoms with Crippen molar-refractivity contribution >= 4 is 11.8 Å². The molecule has 1 saturated heterocycles. The number of likely N-dealkylation sites (tertiary alicyclic amines) is 1. The molecule has 10 heteroatoms. The smallest absolute Gasteiger partial charge is 0.251 e. The van der Waals surface area contributed by atoms with E-state index in [0.29, 0.717) is 30.4 Å². The Morgan fingerprint density at radius 1 is 1.14 bits per heavy atom. The predicted molar refractivity (Wildman–Crippen MR) is 157 cm³/mol. The van der Waals surface area contributed by atoms with Crippen LogP contribution in [0.25, 0.3) is 0 Å². The second kappa shape index (κ2) is 13.9. The number of ether oxygens (including phenoxy) is 1. The minimum Gasteiger partial charge on any atom is -0.486 e. The van der Waals surface area contributed by atoms with Gasteiger partial charge in [-0.15, -0.1) is 0 Å². The average molecular weight is 576 g/mol. The van der Waals surface area contributed by atoms with E-state index in [4.69, 9.17) is 9.15 Å². The van der Waals surface area contributed by atoms with E-state index in [0.717, 1.165) is 63.3 Å². The summed E-state index contributed by atoms with van der Waals surface area (Å²) in [7, 11) is 0. The normalized spacial score (nSPS) is 16.7. The number of oxazole rings is 1. The molecule has 1 fully saturated rings. The Balaban J connectivity index is 1.04. The van der Waals surface area contributed by atoms with E-state index in [-0.39, 0.29) is 24.3 Å². The largest absolute Gasteiger partial charge is 0.486 e. The Hall–Kier alpha value is -3.76. The first-order valence-electron chi connectivity index (χ1n) is 14.9. The summed E-state index contributed by atoms with van der Waals surface area (Å²) < 4.78 is 11.0. The van der Waals surface area contributed by atoms with Gasteiger partial charge in [-0.3, -0.25) is 19.5 Å². The molecule has 0 radical (unpaired) electrons. The van der Waals surface area contributed by atoms with Crippen molar-refractivity contribution in [2.24, 2.45) is 11.8 Å². The van der Waals surface area contributed by atoms with Crippen LogP contribution >= 0.6 is 0 Å². The van der Waals surface area contributed by atoms with Crippen LogP contribution in [0.2, 0.25) is 0 Å². The molecule has 0 bridgehead atoms. The number of β-amino-alcohol motifs (C(OH)–C–C–N with tert-alkyl or cyclic N) is 1. The number of carbonyl (C=O) groups is 2. The number of carbonyl (C=O) groups excluding carboxylic acids is 2. The number of benzene rings is 1. The summed E-state index contributed by atoms with van der Waals surface area (Å²) in [5.74, 6) is 1.96. The lowest BCUT2D eigenvalue weighted by Crippen LogP contribution is -2.42. The number of rotatable bonds is 11. The van der Waals surface area contributed by atoms with Crippen LogP contribution in [0, 0.1) is 11.8 Å². The quantitative estimate of drug-likeness (QED) is 0.358. The lowest BCUT2D eigenvalue weighted by Gasteiger charge is -2.33. The first kappa shape index (κ1) is 29.7. The van der Waals surface area contributed by atoms with Crippen molar-refractivity contribution in [3.05, 3.63) is 77.3 Å². The van der Waals surface area contributed by atoms with Gasteiger partial charge < -0.3 is 24.5 Å². The standard InChI is InChI=1S/C32H41N5O5/c1-22(2)32(40)37-11-6-23(7-12-37)13-27-14-25(5-9-34-27)31(39)35-16-28(38)19-36-10-8-24-15-29(4-3-26(24)18-36)41-20-30-17-33-21-42-30/h3-5,9,14-15,17,21-23,28,38H,6-8,10-13,16,18-20H2,1-2H3,(H,35,39)/t28-/m0/s1. The van der Waals surface area contributed by atoms with Crippen molar-refractivity contribution in [3.8, 4) is 5.75 Å². The Morgan fingerprint density at radius 3 is 2.74 bits per heavy atom. The van der Waals surface area contributed by atoms with Crippen molar-refractivity contribution in [2.75, 3.05) is 32.7 Å². The molecule has 2 N–H and O–H groups in total. The monoisotopic (exact) mass is 575 g/mol. The molecule has 0 spiro atoms. The minimum absolute atomic E-state index is 0.0277. The van der Waals surface area contributed by atoms with Gasteiger partial charge >= 0.3 is 0 Å². The van der Waals surface area contributed by atoms with Gasteiger partial charge in [0.15, 0.2) is 12.2 Å². The van der Waals surface area contributed by atoms with Crippen LogP contribution in [0.3, 0.4) is 0 Å². The molecule has 0 aliphatic carbocycles. The zero-order chi connectivity index (χ0) is 29.5. The number of aliphatic hydroxyl groups is 1. The maximum absolute atomic E-state index is 12.9. The Bertz CT molecular complexity index is 1340. The Labute approximate surface area is 247 Å². The second-order valence-electron chi connectivity index (χ2n) is 11.7. The molecule has 42 heavy (non-hydrogen) atoms. The van der Waals surface area contributed by atoms with Crippen LogP contribution in [-0.2, 0) is 30.8 Å². The fourth-order valence-electron chi connectivity index (χ4n) is 5.73. The van der Waals surface area contributed by atoms with Crippen molar-refractivity contribution < 1.29 is 23.8 Å². The summed E-state index contributed by atoms with van der Waals surface area (Å²) in [5, 5.41) is 13.6. The Morgan fingerprint density at radius 2 is 1.98 bits per heavy atom. The van der Waals surface area contributed by atoms with Crippen LogP contribution in [0.15, 0.2) is 53.5 Å². The van der Waals surface area contributed by atoms with Crippen molar-refractivity contribution in [2.45, 2.75) is 58.8 Å². The van der Waals surface area contributed by atoms with Gasteiger partial charge in [0.05, 0.1) is 12.3 Å². The molecule has 2 amide bonds. The van der Waals surface area contributed by atoms with Gasteiger partial charge in [0.2, 0.25) is 5.91 Å². The molecule has 1 atom stereocenters. The third-order valence-electron chi connectivity index (χ3n) is 8.10. The molecule has 0 unspecified atom stereocenters. The van der Waals surface area contributed by atoms with Gasteiger partial charge in [-0.05, 0) is 67.0 Å². The number of nitrogens with one attached hydrogen (secondary N) is 1. The number of aliphatic hydroxyl groups excluding tert-OH is 1. The fraction of sp³-hybridized carbons (Fsp3) is 0.500. The molecule has 224 valence electrons. The molecular formula is C32H41N5O5. The van der Waals surface area contributed by atoms with Gasteiger partial charge in [-0.25, -0.2) is 4.98 Å². The van der Waals surface area contributed by atoms with E-state index in [1.165, 1.54) is 17.5 Å². The van der Waals surface area contributed by atoms with Crippen LogP contribution in [-0.4, -0.2) is 75.5 Å². The molecule has 3 aromatic rings. The lowest BCUT2D eigenvalue weighted by atomic mass is 9.91. The van der Waals surface area contributed by atoms with E-state index >= 15 is 0 Å². The fourth-order valence-corrected chi connectivity index (χ4v) is 5.73. The highest BCUT2D eigenvalue weighted by atomic mass is 16.5. The van der Waals surface area contributed by atoms with Crippen LogP contribution < -0.4 is 10.1 Å². The summed E-state index contributed by atoms with van der Waals surface area (Å²) >= 11 is 0. The van der Waals surface area contributed by atoms with Gasteiger partial charge in [-0.2, -0.15) is 0 Å². The van der Waals surface area contributed by atoms with Crippen molar-refractivity contribution in [3.63, 3.8) is 0 Å². The molecule has 1 aromatic carbocycles. The maximum atomic E-state index is 12.9.